The number of fused-ring (bicyclic) bond motifs is 2. The highest BCUT2D eigenvalue weighted by atomic mass is 32.2. The topological polar surface area (TPSA) is 65.2 Å². The molecule has 0 bridgehead atoms. The number of para-hydroxylation sites is 1. The maximum Gasteiger partial charge on any atom is 0.265 e. The Hall–Kier alpha value is -2.55. The van der Waals surface area contributed by atoms with Gasteiger partial charge in [-0.2, -0.15) is 11.3 Å². The van der Waals surface area contributed by atoms with Gasteiger partial charge >= 0.3 is 0 Å². The molecular weight excluding hydrogens is 410 g/mol. The minimum atomic E-state index is -0.160. The molecule has 8 heteroatoms. The molecule has 4 heterocycles. The van der Waals surface area contributed by atoms with E-state index in [9.17, 15) is 9.59 Å². The summed E-state index contributed by atoms with van der Waals surface area (Å²) in [5.74, 6) is 0.319. The molecule has 5 rings (SSSR count). The van der Waals surface area contributed by atoms with Gasteiger partial charge in [0.25, 0.3) is 5.91 Å². The first-order chi connectivity index (χ1) is 13.7. The number of rotatable bonds is 4. The average Bonchev–Trinajstić information content (AvgIpc) is 3.44. The van der Waals surface area contributed by atoms with E-state index >= 15 is 0 Å². The summed E-state index contributed by atoms with van der Waals surface area (Å²) >= 11 is 4.56. The zero-order valence-corrected chi connectivity index (χ0v) is 17.0. The van der Waals surface area contributed by atoms with Crippen LogP contribution < -0.4 is 10.2 Å². The second-order valence-corrected chi connectivity index (χ2v) is 9.46. The molecule has 0 radical (unpaired) electrons. The highest BCUT2D eigenvalue weighted by Gasteiger charge is 2.29. The number of benzene rings is 1. The first kappa shape index (κ1) is 17.5. The largest absolute Gasteiger partial charge is 0.359 e. The molecule has 0 fully saturated rings. The van der Waals surface area contributed by atoms with E-state index in [2.05, 4.69) is 10.3 Å². The molecule has 0 saturated carbocycles. The summed E-state index contributed by atoms with van der Waals surface area (Å²) in [6.45, 7) is 0.538. The molecule has 3 aromatic heterocycles. The molecule has 2 amide bonds. The molecule has 1 aromatic carbocycles. The van der Waals surface area contributed by atoms with Crippen molar-refractivity contribution in [2.75, 3.05) is 16.0 Å². The normalized spacial score (nSPS) is 13.7. The average molecular weight is 426 g/mol. The fourth-order valence-electron chi connectivity index (χ4n) is 3.21. The number of hydrogen-bond donors (Lipinski definition) is 2. The quantitative estimate of drug-likeness (QED) is 0.473. The van der Waals surface area contributed by atoms with Gasteiger partial charge in [-0.05, 0) is 34.5 Å². The lowest BCUT2D eigenvalue weighted by molar-refractivity contribution is -0.116. The first-order valence-corrected chi connectivity index (χ1v) is 11.4. The van der Waals surface area contributed by atoms with Crippen molar-refractivity contribution in [2.24, 2.45) is 0 Å². The Bertz CT molecular complexity index is 1180. The van der Waals surface area contributed by atoms with Crippen LogP contribution in [0.3, 0.4) is 0 Å². The van der Waals surface area contributed by atoms with Crippen molar-refractivity contribution in [1.29, 1.82) is 0 Å². The number of thiophene rings is 2. The van der Waals surface area contributed by atoms with Gasteiger partial charge in [-0.15, -0.1) is 23.1 Å². The SMILES string of the molecule is O=C(Nc1c[nH]c2ccccc12)c1cc2c(s1)SCC(=O)N2Cc1ccsc1. The highest BCUT2D eigenvalue weighted by molar-refractivity contribution is 8.02. The molecule has 0 atom stereocenters. The van der Waals surface area contributed by atoms with Gasteiger partial charge in [-0.1, -0.05) is 18.2 Å². The van der Waals surface area contributed by atoms with E-state index in [1.165, 1.54) is 23.1 Å². The van der Waals surface area contributed by atoms with Gasteiger partial charge < -0.3 is 15.2 Å². The predicted octanol–water partition coefficient (Wildman–Crippen LogP) is 5.18. The number of nitrogens with one attached hydrogen (secondary N) is 2. The van der Waals surface area contributed by atoms with Gasteiger partial charge in [0.15, 0.2) is 0 Å². The lowest BCUT2D eigenvalue weighted by atomic mass is 10.2. The number of nitrogens with zero attached hydrogens (tertiary/aromatic N) is 1. The molecule has 0 spiro atoms. The summed E-state index contributed by atoms with van der Waals surface area (Å²) in [6.07, 6.45) is 1.80. The summed E-state index contributed by atoms with van der Waals surface area (Å²) in [7, 11) is 0. The van der Waals surface area contributed by atoms with Crippen LogP contribution in [0.1, 0.15) is 15.2 Å². The summed E-state index contributed by atoms with van der Waals surface area (Å²) in [6, 6.07) is 11.7. The lowest BCUT2D eigenvalue weighted by Gasteiger charge is -2.26. The number of amides is 2. The number of H-pyrrole nitrogens is 1. The molecule has 0 saturated heterocycles. The molecule has 0 unspecified atom stereocenters. The van der Waals surface area contributed by atoms with Gasteiger partial charge in [-0.25, -0.2) is 0 Å². The van der Waals surface area contributed by atoms with Crippen molar-refractivity contribution in [3.63, 3.8) is 0 Å². The number of carbonyl (C=O) groups excluding carboxylic acids is 2. The Balaban J connectivity index is 1.42. The maximum atomic E-state index is 12.9. The van der Waals surface area contributed by atoms with Crippen LogP contribution in [-0.2, 0) is 11.3 Å². The molecule has 5 nitrogen and oxygen atoms in total. The molecule has 28 heavy (non-hydrogen) atoms. The third-order valence-electron chi connectivity index (χ3n) is 4.58. The van der Waals surface area contributed by atoms with E-state index in [1.807, 2.05) is 47.2 Å². The molecular formula is C20H15N3O2S3. The molecule has 2 N–H and O–H groups in total. The van der Waals surface area contributed by atoms with Crippen LogP contribution >= 0.6 is 34.4 Å². The van der Waals surface area contributed by atoms with Crippen molar-refractivity contribution < 1.29 is 9.59 Å². The molecule has 0 aliphatic carbocycles. The number of anilines is 2. The Morgan fingerprint density at radius 3 is 3.00 bits per heavy atom. The zero-order valence-electron chi connectivity index (χ0n) is 14.6. The third kappa shape index (κ3) is 3.13. The summed E-state index contributed by atoms with van der Waals surface area (Å²) in [5.41, 5.74) is 3.67. The molecule has 1 aliphatic heterocycles. The van der Waals surface area contributed by atoms with Crippen molar-refractivity contribution in [3.05, 3.63) is 63.8 Å². The summed E-state index contributed by atoms with van der Waals surface area (Å²) < 4.78 is 1.01. The Morgan fingerprint density at radius 2 is 2.14 bits per heavy atom. The highest BCUT2D eigenvalue weighted by Crippen LogP contribution is 2.43. The monoisotopic (exact) mass is 425 g/mol. The van der Waals surface area contributed by atoms with E-state index in [0.717, 1.165) is 32.1 Å². The van der Waals surface area contributed by atoms with Crippen molar-refractivity contribution in [2.45, 2.75) is 10.8 Å². The minimum Gasteiger partial charge on any atom is -0.359 e. The fourth-order valence-corrected chi connectivity index (χ4v) is 6.06. The van der Waals surface area contributed by atoms with Gasteiger partial charge in [0, 0.05) is 17.1 Å². The maximum absolute atomic E-state index is 12.9. The van der Waals surface area contributed by atoms with Crippen molar-refractivity contribution >= 4 is 68.5 Å². The number of aromatic nitrogens is 1. The van der Waals surface area contributed by atoms with Crippen molar-refractivity contribution in [1.82, 2.24) is 4.98 Å². The van der Waals surface area contributed by atoms with Crippen LogP contribution in [0, 0.1) is 0 Å². The van der Waals surface area contributed by atoms with E-state index in [4.69, 9.17) is 0 Å². The third-order valence-corrected chi connectivity index (χ3v) is 7.70. The zero-order chi connectivity index (χ0) is 19.1. The fraction of sp³-hybridized carbons (Fsp3) is 0.100. The smallest absolute Gasteiger partial charge is 0.265 e. The molecule has 140 valence electrons. The Labute approximate surface area is 173 Å². The predicted molar refractivity (Wildman–Crippen MR) is 117 cm³/mol. The standard InChI is InChI=1S/C20H15N3O2S3/c24-18-11-27-20-16(23(18)9-12-5-6-26-10-12)7-17(28-20)19(25)22-15-8-21-14-4-2-1-3-13(14)15/h1-8,10,21H,9,11H2,(H,22,25). The van der Waals surface area contributed by atoms with Gasteiger partial charge in [0.1, 0.15) is 0 Å². The van der Waals surface area contributed by atoms with Crippen LogP contribution in [-0.4, -0.2) is 22.6 Å². The number of hydrogen-bond acceptors (Lipinski definition) is 5. The van der Waals surface area contributed by atoms with Crippen LogP contribution in [0.25, 0.3) is 10.9 Å². The van der Waals surface area contributed by atoms with Crippen LogP contribution in [0.2, 0.25) is 0 Å². The van der Waals surface area contributed by atoms with E-state index in [0.29, 0.717) is 17.2 Å². The minimum absolute atomic E-state index is 0.0742. The van der Waals surface area contributed by atoms with Crippen LogP contribution in [0.4, 0.5) is 11.4 Å². The number of carbonyl (C=O) groups is 2. The Kier molecular flexibility index (Phi) is 4.46. The van der Waals surface area contributed by atoms with Gasteiger partial charge in [0.05, 0.1) is 32.8 Å². The summed E-state index contributed by atoms with van der Waals surface area (Å²) in [5, 5.41) is 8.02. The summed E-state index contributed by atoms with van der Waals surface area (Å²) in [4.78, 5) is 30.9. The van der Waals surface area contributed by atoms with Gasteiger partial charge in [-0.3, -0.25) is 9.59 Å². The van der Waals surface area contributed by atoms with Gasteiger partial charge in [0.2, 0.25) is 5.91 Å². The number of aromatic amines is 1. The number of thioether (sulfide) groups is 1. The van der Waals surface area contributed by atoms with E-state index < -0.39 is 0 Å². The second kappa shape index (κ2) is 7.12. The first-order valence-electron chi connectivity index (χ1n) is 8.64. The van der Waals surface area contributed by atoms with Crippen LogP contribution in [0.5, 0.6) is 0 Å². The van der Waals surface area contributed by atoms with E-state index in [1.54, 1.807) is 22.4 Å². The lowest BCUT2D eigenvalue weighted by Crippen LogP contribution is -2.34. The van der Waals surface area contributed by atoms with Crippen molar-refractivity contribution in [3.8, 4) is 0 Å². The Morgan fingerprint density at radius 1 is 1.25 bits per heavy atom. The van der Waals surface area contributed by atoms with Crippen LogP contribution in [0.15, 0.2) is 57.6 Å². The molecule has 1 aliphatic rings. The second-order valence-electron chi connectivity index (χ2n) is 6.39. The van der Waals surface area contributed by atoms with E-state index in [-0.39, 0.29) is 11.8 Å². The molecule has 4 aromatic rings.